The van der Waals surface area contributed by atoms with Crippen LogP contribution < -0.4 is 0 Å². The maximum absolute atomic E-state index is 5.23. The Bertz CT molecular complexity index is 2900. The van der Waals surface area contributed by atoms with E-state index in [-0.39, 0.29) is 10.8 Å². The Morgan fingerprint density at radius 1 is 0.283 bits per heavy atom. The van der Waals surface area contributed by atoms with Gasteiger partial charge >= 0.3 is 0 Å². The lowest BCUT2D eigenvalue weighted by Crippen LogP contribution is -2.24. The molecule has 9 nitrogen and oxygen atoms in total. The Hall–Kier alpha value is -7.39. The predicted molar refractivity (Wildman–Crippen MR) is 240 cm³/mol. The van der Waals surface area contributed by atoms with Crippen LogP contribution in [0.3, 0.4) is 0 Å². The topological polar surface area (TPSA) is 116 Å². The lowest BCUT2D eigenvalue weighted by atomic mass is 9.93. The number of rotatable bonds is 7. The van der Waals surface area contributed by atoms with E-state index in [0.29, 0.717) is 40.8 Å². The molecule has 0 saturated carbocycles. The second-order valence-electron chi connectivity index (χ2n) is 16.8. The maximum atomic E-state index is 5.23. The number of hydrogen-bond donors (Lipinski definition) is 0. The van der Waals surface area contributed by atoms with E-state index in [9.17, 15) is 0 Å². The first-order valence-electron chi connectivity index (χ1n) is 20.1. The van der Waals surface area contributed by atoms with Gasteiger partial charge in [-0.05, 0) is 29.0 Å². The zero-order valence-electron chi connectivity index (χ0n) is 34.5. The minimum atomic E-state index is -0.270. The summed E-state index contributed by atoms with van der Waals surface area (Å²) in [5.74, 6) is 5.42. The molecule has 0 fully saturated rings. The van der Waals surface area contributed by atoms with E-state index in [1.807, 2.05) is 121 Å². The Labute approximate surface area is 349 Å². The fourth-order valence-electron chi connectivity index (χ4n) is 6.88. The van der Waals surface area contributed by atoms with E-state index in [1.165, 1.54) is 0 Å². The van der Waals surface area contributed by atoms with Crippen molar-refractivity contribution < 1.29 is 0 Å². The summed E-state index contributed by atoms with van der Waals surface area (Å²) in [7, 11) is 0. The van der Waals surface area contributed by atoms with Gasteiger partial charge in [0.2, 0.25) is 0 Å². The minimum absolute atomic E-state index is 0.270. The number of hydrogen-bond acceptors (Lipinski definition) is 9. The minimum Gasteiger partial charge on any atom is -0.217 e. The Morgan fingerprint density at radius 3 is 1.12 bits per heavy atom. The van der Waals surface area contributed by atoms with Crippen molar-refractivity contribution in [1.29, 1.82) is 0 Å². The molecule has 60 heavy (non-hydrogen) atoms. The van der Waals surface area contributed by atoms with Gasteiger partial charge in [0, 0.05) is 49.8 Å². The van der Waals surface area contributed by atoms with Gasteiger partial charge in [-0.2, -0.15) is 0 Å². The van der Waals surface area contributed by atoms with Crippen molar-refractivity contribution in [1.82, 2.24) is 44.9 Å². The second kappa shape index (κ2) is 15.4. The van der Waals surface area contributed by atoms with Crippen LogP contribution in [0.15, 0.2) is 152 Å². The third kappa shape index (κ3) is 7.89. The van der Waals surface area contributed by atoms with Crippen molar-refractivity contribution in [2.45, 2.75) is 52.4 Å². The standard InChI is InChI=1S/C51H43N9/c1-50(2,3)48-58-45(59-49(60-48)51(4,5)6)37-27-18-26-36(30-37)44-53-43(34-23-14-9-15-24-34)56-47(57-44)40-31-38(29-35-25-16-17-28-39(35)40)46-54-41(32-19-10-7-11-20-32)52-42(55-46)33-21-12-8-13-22-33/h7-31H,1-6H3. The van der Waals surface area contributed by atoms with Crippen molar-refractivity contribution in [3.05, 3.63) is 163 Å². The quantitative estimate of drug-likeness (QED) is 0.156. The summed E-state index contributed by atoms with van der Waals surface area (Å²) in [4.78, 5) is 45.4. The molecule has 9 aromatic rings. The van der Waals surface area contributed by atoms with Gasteiger partial charge in [-0.3, -0.25) is 0 Å². The molecule has 292 valence electrons. The second-order valence-corrected chi connectivity index (χ2v) is 16.8. The summed E-state index contributed by atoms with van der Waals surface area (Å²) in [6.45, 7) is 12.7. The Balaban J connectivity index is 1.24. The van der Waals surface area contributed by atoms with Crippen molar-refractivity contribution >= 4 is 10.8 Å². The molecule has 0 aliphatic carbocycles. The third-order valence-electron chi connectivity index (χ3n) is 10.1. The van der Waals surface area contributed by atoms with Crippen molar-refractivity contribution in [2.75, 3.05) is 0 Å². The molecular weight excluding hydrogens is 739 g/mol. The third-order valence-corrected chi connectivity index (χ3v) is 10.1. The summed E-state index contributed by atoms with van der Waals surface area (Å²) in [5, 5.41) is 1.98. The Kier molecular flexibility index (Phi) is 9.80. The van der Waals surface area contributed by atoms with Gasteiger partial charge in [0.05, 0.1) is 0 Å². The van der Waals surface area contributed by atoms with Gasteiger partial charge in [-0.1, -0.05) is 175 Å². The van der Waals surface area contributed by atoms with E-state index in [4.69, 9.17) is 44.9 Å². The van der Waals surface area contributed by atoms with E-state index in [0.717, 1.165) is 61.4 Å². The predicted octanol–water partition coefficient (Wildman–Crippen LogP) is 11.7. The van der Waals surface area contributed by atoms with Gasteiger partial charge in [-0.15, -0.1) is 0 Å². The number of fused-ring (bicyclic) bond motifs is 1. The van der Waals surface area contributed by atoms with Crippen LogP contribution in [0.2, 0.25) is 0 Å². The zero-order chi connectivity index (χ0) is 41.4. The van der Waals surface area contributed by atoms with Gasteiger partial charge in [0.1, 0.15) is 11.6 Å². The highest BCUT2D eigenvalue weighted by atomic mass is 15.1. The molecule has 3 aromatic heterocycles. The van der Waals surface area contributed by atoms with E-state index < -0.39 is 0 Å². The highest BCUT2D eigenvalue weighted by Gasteiger charge is 2.26. The summed E-state index contributed by atoms with van der Waals surface area (Å²) < 4.78 is 0. The first-order chi connectivity index (χ1) is 29.0. The van der Waals surface area contributed by atoms with Crippen molar-refractivity contribution in [3.63, 3.8) is 0 Å². The van der Waals surface area contributed by atoms with Crippen LogP contribution in [0.25, 0.3) is 90.5 Å². The Morgan fingerprint density at radius 2 is 0.650 bits per heavy atom. The SMILES string of the molecule is CC(C)(C)c1nc(-c2cccc(-c3nc(-c4ccccc4)nc(-c4cc(-c5nc(-c6ccccc6)nc(-c6ccccc6)n5)cc5ccccc45)n3)c2)nc(C(C)(C)C)n1. The van der Waals surface area contributed by atoms with Crippen LogP contribution in [0, 0.1) is 0 Å². The van der Waals surface area contributed by atoms with Gasteiger partial charge in [-0.25, -0.2) is 44.9 Å². The molecule has 9 heteroatoms. The van der Waals surface area contributed by atoms with Crippen LogP contribution in [-0.4, -0.2) is 44.9 Å². The molecule has 0 aliphatic heterocycles. The zero-order valence-corrected chi connectivity index (χ0v) is 34.5. The van der Waals surface area contributed by atoms with Gasteiger partial charge in [0.25, 0.3) is 0 Å². The molecule has 0 spiro atoms. The molecule has 0 atom stereocenters. The number of nitrogens with zero attached hydrogens (tertiary/aromatic N) is 9. The van der Waals surface area contributed by atoms with Crippen molar-refractivity contribution in [2.24, 2.45) is 0 Å². The first kappa shape index (κ1) is 38.1. The first-order valence-corrected chi connectivity index (χ1v) is 20.1. The molecular formula is C51H43N9. The molecule has 6 aromatic carbocycles. The molecule has 0 radical (unpaired) electrons. The summed E-state index contributed by atoms with van der Waals surface area (Å²) in [6, 6.07) is 50.5. The fraction of sp³-hybridized carbons (Fsp3) is 0.157. The number of benzene rings is 6. The van der Waals surface area contributed by atoms with Crippen LogP contribution in [0.5, 0.6) is 0 Å². The van der Waals surface area contributed by atoms with Crippen LogP contribution >= 0.6 is 0 Å². The largest absolute Gasteiger partial charge is 0.217 e. The average molecular weight is 782 g/mol. The fourth-order valence-corrected chi connectivity index (χ4v) is 6.88. The van der Waals surface area contributed by atoms with Gasteiger partial charge in [0.15, 0.2) is 40.8 Å². The molecule has 0 amide bonds. The van der Waals surface area contributed by atoms with Gasteiger partial charge < -0.3 is 0 Å². The molecule has 3 heterocycles. The molecule has 0 bridgehead atoms. The summed E-state index contributed by atoms with van der Waals surface area (Å²) in [6.07, 6.45) is 0. The lowest BCUT2D eigenvalue weighted by molar-refractivity contribution is 0.497. The lowest BCUT2D eigenvalue weighted by Gasteiger charge is -2.22. The number of aromatic nitrogens is 9. The highest BCUT2D eigenvalue weighted by molar-refractivity contribution is 5.98. The normalized spacial score (nSPS) is 11.8. The average Bonchev–Trinajstić information content (AvgIpc) is 3.28. The molecule has 0 N–H and O–H groups in total. The monoisotopic (exact) mass is 781 g/mol. The van der Waals surface area contributed by atoms with Crippen LogP contribution in [0.4, 0.5) is 0 Å². The summed E-state index contributed by atoms with van der Waals surface area (Å²) in [5.41, 5.74) is 5.42. The molecule has 0 saturated heterocycles. The van der Waals surface area contributed by atoms with E-state index in [1.54, 1.807) is 0 Å². The van der Waals surface area contributed by atoms with E-state index >= 15 is 0 Å². The molecule has 0 unspecified atom stereocenters. The van der Waals surface area contributed by atoms with Crippen LogP contribution in [-0.2, 0) is 10.8 Å². The highest BCUT2D eigenvalue weighted by Crippen LogP contribution is 2.36. The maximum Gasteiger partial charge on any atom is 0.164 e. The smallest absolute Gasteiger partial charge is 0.164 e. The van der Waals surface area contributed by atoms with E-state index in [2.05, 4.69) is 71.9 Å². The van der Waals surface area contributed by atoms with Crippen molar-refractivity contribution in [3.8, 4) is 79.7 Å². The summed E-state index contributed by atoms with van der Waals surface area (Å²) >= 11 is 0. The molecule has 0 aliphatic rings. The van der Waals surface area contributed by atoms with Crippen LogP contribution in [0.1, 0.15) is 53.2 Å². The molecule has 9 rings (SSSR count).